The van der Waals surface area contributed by atoms with Crippen molar-refractivity contribution in [3.63, 3.8) is 0 Å². The van der Waals surface area contributed by atoms with Gasteiger partial charge in [-0.3, -0.25) is 0 Å². The van der Waals surface area contributed by atoms with Crippen LogP contribution in [0.25, 0.3) is 0 Å². The first-order valence-corrected chi connectivity index (χ1v) is 11.4. The molecular formula is C21H19F6NO3S. The maximum absolute atomic E-state index is 14.9. The molecule has 0 radical (unpaired) electrons. The lowest BCUT2D eigenvalue weighted by Crippen LogP contribution is -2.30. The summed E-state index contributed by atoms with van der Waals surface area (Å²) in [5, 5.41) is 10.2. The smallest absolute Gasteiger partial charge is 0.385 e. The zero-order valence-electron chi connectivity index (χ0n) is 16.8. The summed E-state index contributed by atoms with van der Waals surface area (Å²) in [5.41, 5.74) is -6.00. The van der Waals surface area contributed by atoms with Crippen molar-refractivity contribution < 1.29 is 39.9 Å². The van der Waals surface area contributed by atoms with Gasteiger partial charge in [-0.15, -0.1) is 0 Å². The van der Waals surface area contributed by atoms with Gasteiger partial charge in [0.1, 0.15) is 23.9 Å². The second kappa shape index (κ2) is 7.65. The summed E-state index contributed by atoms with van der Waals surface area (Å²) >= 11 is 0. The molecule has 0 saturated heterocycles. The van der Waals surface area contributed by atoms with E-state index in [1.165, 1.54) is 11.0 Å². The van der Waals surface area contributed by atoms with Crippen molar-refractivity contribution in [1.29, 1.82) is 0 Å². The number of fused-ring (bicyclic) bond motifs is 2. The molecular weight excluding hydrogens is 460 g/mol. The Kier molecular flexibility index (Phi) is 5.48. The lowest BCUT2D eigenvalue weighted by atomic mass is 9.87. The van der Waals surface area contributed by atoms with Crippen molar-refractivity contribution in [3.05, 3.63) is 52.6 Å². The van der Waals surface area contributed by atoms with Crippen molar-refractivity contribution in [2.45, 2.75) is 54.8 Å². The highest BCUT2D eigenvalue weighted by Crippen LogP contribution is 2.49. The molecule has 0 amide bonds. The predicted octanol–water partition coefficient (Wildman–Crippen LogP) is 5.22. The van der Waals surface area contributed by atoms with E-state index in [1.807, 2.05) is 6.92 Å². The lowest BCUT2D eigenvalue weighted by molar-refractivity contribution is -0.0437. The van der Waals surface area contributed by atoms with E-state index < -0.39 is 56.1 Å². The zero-order chi connectivity index (χ0) is 23.6. The van der Waals surface area contributed by atoms with Gasteiger partial charge in [0.2, 0.25) is 0 Å². The van der Waals surface area contributed by atoms with Crippen molar-refractivity contribution in [2.24, 2.45) is 0 Å². The van der Waals surface area contributed by atoms with Crippen molar-refractivity contribution in [3.8, 4) is 0 Å². The summed E-state index contributed by atoms with van der Waals surface area (Å²) in [5.74, 6) is -1.84. The van der Waals surface area contributed by atoms with E-state index in [2.05, 4.69) is 0 Å². The fourth-order valence-corrected chi connectivity index (χ4v) is 5.70. The van der Waals surface area contributed by atoms with Crippen LogP contribution in [0.3, 0.4) is 0 Å². The standard InChI is InChI=1S/C21H19F6NO3S/c1-2-10-5-6-28(19-12(10)7-11(22)8-14(19)23)16-3-4-17(32(30,31)21(25,26)27)18-13(16)9-15(24)20(18)29/h3-4,7-8,10,15,20,29H,2,5-6,9H2,1H3/t10-,15-,20-/m1/s1. The molecule has 2 aromatic rings. The van der Waals surface area contributed by atoms with Gasteiger partial charge in [0, 0.05) is 30.3 Å². The van der Waals surface area contributed by atoms with Crippen LogP contribution in [0, 0.1) is 11.6 Å². The van der Waals surface area contributed by atoms with Crippen LogP contribution in [0.5, 0.6) is 0 Å². The van der Waals surface area contributed by atoms with E-state index in [-0.39, 0.29) is 29.4 Å². The first-order chi connectivity index (χ1) is 14.9. The minimum atomic E-state index is -5.86. The molecule has 1 N–H and O–H groups in total. The number of hydrogen-bond donors (Lipinski definition) is 1. The highest BCUT2D eigenvalue weighted by atomic mass is 32.2. The lowest BCUT2D eigenvalue weighted by Gasteiger charge is -2.37. The van der Waals surface area contributed by atoms with Gasteiger partial charge in [-0.1, -0.05) is 6.92 Å². The molecule has 0 spiro atoms. The maximum atomic E-state index is 14.9. The summed E-state index contributed by atoms with van der Waals surface area (Å²) in [4.78, 5) is 0.170. The molecule has 3 atom stereocenters. The van der Waals surface area contributed by atoms with Crippen LogP contribution in [-0.2, 0) is 16.3 Å². The number of benzene rings is 2. The van der Waals surface area contributed by atoms with Gasteiger partial charge in [0.15, 0.2) is 0 Å². The minimum Gasteiger partial charge on any atom is -0.385 e. The number of nitrogens with zero attached hydrogens (tertiary/aromatic N) is 1. The Hall–Kier alpha value is -2.27. The third-order valence-corrected chi connectivity index (χ3v) is 7.72. The van der Waals surface area contributed by atoms with Gasteiger partial charge in [-0.25, -0.2) is 21.6 Å². The summed E-state index contributed by atoms with van der Waals surface area (Å²) < 4.78 is 107. The number of aliphatic hydroxyl groups is 1. The Balaban J connectivity index is 1.95. The van der Waals surface area contributed by atoms with Gasteiger partial charge in [0.05, 0.1) is 10.6 Å². The molecule has 11 heteroatoms. The molecule has 174 valence electrons. The van der Waals surface area contributed by atoms with Crippen molar-refractivity contribution in [2.75, 3.05) is 11.4 Å². The Morgan fingerprint density at radius 1 is 1.19 bits per heavy atom. The SMILES string of the molecule is CC[C@@H]1CCN(c2ccc(S(=O)(=O)C(F)(F)F)c3c2C[C@@H](F)[C@H]3O)c2c(F)cc(F)cc21. The highest BCUT2D eigenvalue weighted by molar-refractivity contribution is 7.92. The minimum absolute atomic E-state index is 0.00919. The molecule has 0 unspecified atom stereocenters. The summed E-state index contributed by atoms with van der Waals surface area (Å²) in [6.45, 7) is 2.05. The van der Waals surface area contributed by atoms with E-state index in [0.29, 0.717) is 30.5 Å². The summed E-state index contributed by atoms with van der Waals surface area (Å²) in [6.07, 6.45) is -3.60. The second-order valence-electron chi connectivity index (χ2n) is 7.96. The molecule has 4 nitrogen and oxygen atoms in total. The molecule has 1 heterocycles. The van der Waals surface area contributed by atoms with Gasteiger partial charge in [-0.2, -0.15) is 13.2 Å². The normalized spacial score (nSPS) is 23.2. The number of sulfone groups is 1. The van der Waals surface area contributed by atoms with Crippen molar-refractivity contribution >= 4 is 21.2 Å². The van der Waals surface area contributed by atoms with E-state index >= 15 is 0 Å². The number of halogens is 6. The molecule has 4 rings (SSSR count). The van der Waals surface area contributed by atoms with E-state index in [1.54, 1.807) is 0 Å². The highest BCUT2D eigenvalue weighted by Gasteiger charge is 2.51. The molecule has 0 fully saturated rings. The molecule has 0 bridgehead atoms. The molecule has 32 heavy (non-hydrogen) atoms. The van der Waals surface area contributed by atoms with E-state index in [9.17, 15) is 39.9 Å². The Bertz CT molecular complexity index is 1180. The molecule has 0 saturated carbocycles. The summed E-state index contributed by atoms with van der Waals surface area (Å²) in [7, 11) is -5.86. The topological polar surface area (TPSA) is 57.6 Å². The van der Waals surface area contributed by atoms with Gasteiger partial charge < -0.3 is 10.0 Å². The second-order valence-corrected chi connectivity index (χ2v) is 9.87. The number of rotatable bonds is 3. The van der Waals surface area contributed by atoms with Crippen LogP contribution < -0.4 is 4.90 Å². The monoisotopic (exact) mass is 479 g/mol. The van der Waals surface area contributed by atoms with Crippen LogP contribution in [0.2, 0.25) is 0 Å². The van der Waals surface area contributed by atoms with Crippen molar-refractivity contribution in [1.82, 2.24) is 0 Å². The molecule has 0 aromatic heterocycles. The number of alkyl halides is 4. The third-order valence-electron chi connectivity index (χ3n) is 6.18. The average Bonchev–Trinajstić information content (AvgIpc) is 3.00. The van der Waals surface area contributed by atoms with Gasteiger partial charge >= 0.3 is 5.51 Å². The van der Waals surface area contributed by atoms with E-state index in [0.717, 1.165) is 6.07 Å². The Morgan fingerprint density at radius 3 is 2.50 bits per heavy atom. The van der Waals surface area contributed by atoms with Gasteiger partial charge in [0.25, 0.3) is 9.84 Å². The molecule has 2 aromatic carbocycles. The third kappa shape index (κ3) is 3.37. The van der Waals surface area contributed by atoms with Crippen LogP contribution in [0.1, 0.15) is 48.5 Å². The largest absolute Gasteiger partial charge is 0.501 e. The fourth-order valence-electron chi connectivity index (χ4n) is 4.67. The molecule has 2 aliphatic rings. The van der Waals surface area contributed by atoms with Crippen LogP contribution in [-0.4, -0.2) is 31.7 Å². The Labute approximate surface area is 180 Å². The quantitative estimate of drug-likeness (QED) is 0.614. The summed E-state index contributed by atoms with van der Waals surface area (Å²) in [6, 6.07) is 3.58. The predicted molar refractivity (Wildman–Crippen MR) is 104 cm³/mol. The number of hydrogen-bond acceptors (Lipinski definition) is 4. The van der Waals surface area contributed by atoms with E-state index in [4.69, 9.17) is 0 Å². The molecule has 1 aliphatic carbocycles. The number of anilines is 2. The molecule has 1 aliphatic heterocycles. The van der Waals surface area contributed by atoms with Gasteiger partial charge in [-0.05, 0) is 48.1 Å². The fraction of sp³-hybridized carbons (Fsp3) is 0.429. The maximum Gasteiger partial charge on any atom is 0.501 e. The zero-order valence-corrected chi connectivity index (χ0v) is 17.6. The first kappa shape index (κ1) is 22.9. The van der Waals surface area contributed by atoms with Crippen LogP contribution in [0.4, 0.5) is 37.7 Å². The average molecular weight is 479 g/mol. The first-order valence-electron chi connectivity index (χ1n) is 9.94. The van der Waals surface area contributed by atoms with Crippen LogP contribution in [0.15, 0.2) is 29.2 Å². The van der Waals surface area contributed by atoms with Crippen LogP contribution >= 0.6 is 0 Å². The Morgan fingerprint density at radius 2 is 1.88 bits per heavy atom. The number of aliphatic hydroxyl groups excluding tert-OH is 1.